The molecule has 15 heavy (non-hydrogen) atoms. The van der Waals surface area contributed by atoms with Crippen LogP contribution >= 0.6 is 12.4 Å². The van der Waals surface area contributed by atoms with Crippen molar-refractivity contribution >= 4 is 29.3 Å². The number of aryl methyl sites for hydroxylation is 2. The van der Waals surface area contributed by atoms with Crippen LogP contribution in [0.1, 0.15) is 18.1 Å². The maximum Gasteiger partial charge on any atom is 0.194 e. The van der Waals surface area contributed by atoms with Gasteiger partial charge in [0.25, 0.3) is 0 Å². The van der Waals surface area contributed by atoms with Crippen LogP contribution in [0.2, 0.25) is 0 Å². The van der Waals surface area contributed by atoms with Crippen molar-refractivity contribution in [1.29, 1.82) is 0 Å². The molecule has 0 aliphatic carbocycles. The molecule has 1 N–H and O–H groups in total. The fourth-order valence-corrected chi connectivity index (χ4v) is 1.65. The fourth-order valence-electron chi connectivity index (χ4n) is 1.65. The maximum atomic E-state index is 5.71. The Morgan fingerprint density at radius 2 is 1.87 bits per heavy atom. The van der Waals surface area contributed by atoms with Crippen molar-refractivity contribution in [1.82, 2.24) is 0 Å². The second-order valence-corrected chi connectivity index (χ2v) is 3.58. The minimum atomic E-state index is 0. The standard InChI is InChI=1S/C12H15NO.ClH/c1-4-13-11-7-10-8(2)5-6-9(3)12(10)14-11;/h5-7,13H,4H2,1-3H3;1H. The number of hydrogen-bond acceptors (Lipinski definition) is 2. The molecule has 0 aliphatic rings. The van der Waals surface area contributed by atoms with Crippen LogP contribution in [-0.4, -0.2) is 6.54 Å². The van der Waals surface area contributed by atoms with Gasteiger partial charge in [-0.2, -0.15) is 0 Å². The Hall–Kier alpha value is -1.15. The molecule has 0 amide bonds. The maximum absolute atomic E-state index is 5.71. The molecule has 1 heterocycles. The second-order valence-electron chi connectivity index (χ2n) is 3.58. The first-order valence-electron chi connectivity index (χ1n) is 4.96. The first-order chi connectivity index (χ1) is 6.72. The van der Waals surface area contributed by atoms with Crippen molar-refractivity contribution in [3.63, 3.8) is 0 Å². The Labute approximate surface area is 96.1 Å². The molecule has 1 aromatic heterocycles. The van der Waals surface area contributed by atoms with Gasteiger partial charge in [0.05, 0.1) is 0 Å². The normalized spacial score (nSPS) is 10.1. The monoisotopic (exact) mass is 225 g/mol. The minimum Gasteiger partial charge on any atom is -0.440 e. The molecule has 3 heteroatoms. The Kier molecular flexibility index (Phi) is 3.64. The van der Waals surface area contributed by atoms with Gasteiger partial charge in [-0.3, -0.25) is 0 Å². The number of halogens is 1. The van der Waals surface area contributed by atoms with Gasteiger partial charge in [-0.15, -0.1) is 12.4 Å². The summed E-state index contributed by atoms with van der Waals surface area (Å²) < 4.78 is 5.71. The highest BCUT2D eigenvalue weighted by Crippen LogP contribution is 2.28. The van der Waals surface area contributed by atoms with Crippen LogP contribution in [0.4, 0.5) is 5.88 Å². The van der Waals surface area contributed by atoms with E-state index in [-0.39, 0.29) is 12.4 Å². The van der Waals surface area contributed by atoms with Crippen molar-refractivity contribution in [2.75, 3.05) is 11.9 Å². The van der Waals surface area contributed by atoms with Gasteiger partial charge < -0.3 is 9.73 Å². The van der Waals surface area contributed by atoms with E-state index >= 15 is 0 Å². The quantitative estimate of drug-likeness (QED) is 0.839. The van der Waals surface area contributed by atoms with Gasteiger partial charge in [0.1, 0.15) is 5.58 Å². The number of nitrogens with one attached hydrogen (secondary N) is 1. The molecule has 0 saturated carbocycles. The molecule has 2 rings (SSSR count). The van der Waals surface area contributed by atoms with Gasteiger partial charge in [-0.25, -0.2) is 0 Å². The molecule has 82 valence electrons. The van der Waals surface area contributed by atoms with Crippen LogP contribution in [0.5, 0.6) is 0 Å². The molecule has 0 spiro atoms. The molecule has 0 atom stereocenters. The van der Waals surface area contributed by atoms with E-state index in [0.717, 1.165) is 18.0 Å². The molecule has 0 fully saturated rings. The van der Waals surface area contributed by atoms with E-state index in [1.165, 1.54) is 16.5 Å². The largest absolute Gasteiger partial charge is 0.440 e. The van der Waals surface area contributed by atoms with E-state index in [1.807, 2.05) is 0 Å². The molecule has 1 aromatic carbocycles. The van der Waals surface area contributed by atoms with Gasteiger partial charge in [-0.1, -0.05) is 12.1 Å². The van der Waals surface area contributed by atoms with Crippen LogP contribution < -0.4 is 5.32 Å². The zero-order chi connectivity index (χ0) is 10.1. The van der Waals surface area contributed by atoms with E-state index in [1.54, 1.807) is 0 Å². The predicted molar refractivity (Wildman–Crippen MR) is 67.1 cm³/mol. The predicted octanol–water partition coefficient (Wildman–Crippen LogP) is 3.90. The van der Waals surface area contributed by atoms with Crippen LogP contribution in [0.15, 0.2) is 22.6 Å². The van der Waals surface area contributed by atoms with E-state index in [9.17, 15) is 0 Å². The van der Waals surface area contributed by atoms with Crippen LogP contribution in [-0.2, 0) is 0 Å². The van der Waals surface area contributed by atoms with E-state index in [0.29, 0.717) is 0 Å². The zero-order valence-corrected chi connectivity index (χ0v) is 10.1. The summed E-state index contributed by atoms with van der Waals surface area (Å²) in [5.74, 6) is 0.861. The molecular weight excluding hydrogens is 210 g/mol. The first kappa shape index (κ1) is 11.9. The lowest BCUT2D eigenvalue weighted by Crippen LogP contribution is -1.93. The number of rotatable bonds is 2. The van der Waals surface area contributed by atoms with Crippen molar-refractivity contribution in [2.24, 2.45) is 0 Å². The highest BCUT2D eigenvalue weighted by Gasteiger charge is 2.06. The fraction of sp³-hybridized carbons (Fsp3) is 0.333. The molecule has 2 nitrogen and oxygen atoms in total. The SMILES string of the molecule is CCNc1cc2c(C)ccc(C)c2o1.Cl. The Balaban J connectivity index is 0.00000112. The summed E-state index contributed by atoms with van der Waals surface area (Å²) in [6, 6.07) is 6.29. The molecular formula is C12H16ClNO. The average molecular weight is 226 g/mol. The average Bonchev–Trinajstić information content (AvgIpc) is 2.57. The number of anilines is 1. The van der Waals surface area contributed by atoms with E-state index < -0.39 is 0 Å². The van der Waals surface area contributed by atoms with Crippen LogP contribution in [0.25, 0.3) is 11.0 Å². The molecule has 0 saturated heterocycles. The van der Waals surface area contributed by atoms with Gasteiger partial charge in [0.2, 0.25) is 0 Å². The third-order valence-corrected chi connectivity index (χ3v) is 2.45. The zero-order valence-electron chi connectivity index (χ0n) is 9.26. The van der Waals surface area contributed by atoms with E-state index in [4.69, 9.17) is 4.42 Å². The summed E-state index contributed by atoms with van der Waals surface area (Å²) in [6.07, 6.45) is 0. The Morgan fingerprint density at radius 3 is 2.47 bits per heavy atom. The topological polar surface area (TPSA) is 25.2 Å². The number of furan rings is 1. The summed E-state index contributed by atoms with van der Waals surface area (Å²) >= 11 is 0. The second kappa shape index (κ2) is 4.58. The van der Waals surface area contributed by atoms with Gasteiger partial charge in [-0.05, 0) is 31.9 Å². The van der Waals surface area contributed by atoms with Crippen molar-refractivity contribution < 1.29 is 4.42 Å². The highest BCUT2D eigenvalue weighted by atomic mass is 35.5. The molecule has 0 bridgehead atoms. The third kappa shape index (κ3) is 2.10. The highest BCUT2D eigenvalue weighted by molar-refractivity contribution is 5.86. The summed E-state index contributed by atoms with van der Waals surface area (Å²) in [6.45, 7) is 7.12. The van der Waals surface area contributed by atoms with Gasteiger partial charge in [0, 0.05) is 18.0 Å². The van der Waals surface area contributed by atoms with Crippen molar-refractivity contribution in [2.45, 2.75) is 20.8 Å². The molecule has 0 aliphatic heterocycles. The number of fused-ring (bicyclic) bond motifs is 1. The first-order valence-corrected chi connectivity index (χ1v) is 4.96. The summed E-state index contributed by atoms with van der Waals surface area (Å²) in [5.41, 5.74) is 3.45. The lowest BCUT2D eigenvalue weighted by molar-refractivity contribution is 0.625. The number of hydrogen-bond donors (Lipinski definition) is 1. The Morgan fingerprint density at radius 1 is 1.20 bits per heavy atom. The van der Waals surface area contributed by atoms with Crippen LogP contribution in [0.3, 0.4) is 0 Å². The van der Waals surface area contributed by atoms with E-state index in [2.05, 4.69) is 44.3 Å². The van der Waals surface area contributed by atoms with Gasteiger partial charge in [0.15, 0.2) is 5.88 Å². The lowest BCUT2D eigenvalue weighted by Gasteiger charge is -1.97. The smallest absolute Gasteiger partial charge is 0.194 e. The van der Waals surface area contributed by atoms with Crippen molar-refractivity contribution in [3.05, 3.63) is 29.3 Å². The third-order valence-electron chi connectivity index (χ3n) is 2.45. The lowest BCUT2D eigenvalue weighted by atomic mass is 10.1. The summed E-state index contributed by atoms with van der Waals surface area (Å²) in [5, 5.41) is 4.39. The van der Waals surface area contributed by atoms with Gasteiger partial charge >= 0.3 is 0 Å². The molecule has 2 aromatic rings. The molecule has 0 unspecified atom stereocenters. The van der Waals surface area contributed by atoms with Crippen molar-refractivity contribution in [3.8, 4) is 0 Å². The summed E-state index contributed by atoms with van der Waals surface area (Å²) in [7, 11) is 0. The number of benzene rings is 1. The minimum absolute atomic E-state index is 0. The summed E-state index contributed by atoms with van der Waals surface area (Å²) in [4.78, 5) is 0. The van der Waals surface area contributed by atoms with Crippen LogP contribution in [0, 0.1) is 13.8 Å². The molecule has 0 radical (unpaired) electrons. The Bertz CT molecular complexity index is 423.